The minimum Gasteiger partial charge on any atom is -0.480 e. The molecule has 0 spiro atoms. The number of hydrogen-bond donors (Lipinski definition) is 2. The topological polar surface area (TPSA) is 227 Å². The number of esters is 3. The van der Waals surface area contributed by atoms with Gasteiger partial charge in [-0.1, -0.05) is 34.9 Å². The van der Waals surface area contributed by atoms with Crippen LogP contribution in [0.2, 0.25) is 0 Å². The maximum Gasteiger partial charge on any atom is 0.325 e. The number of Topliss-reactive ketones (excluding diaryl/α,β-unsaturated/α-hetero) is 1. The van der Waals surface area contributed by atoms with Crippen LogP contribution in [-0.2, 0) is 73.7 Å². The molecule has 5 fully saturated rings. The highest BCUT2D eigenvalue weighted by Gasteiger charge is 2.41. The van der Waals surface area contributed by atoms with Crippen LogP contribution in [0.15, 0.2) is 10.6 Å². The molecule has 6 heterocycles. The van der Waals surface area contributed by atoms with Crippen molar-refractivity contribution in [2.24, 2.45) is 5.92 Å². The molecule has 6 rings (SSSR count). The fourth-order valence-corrected chi connectivity index (χ4v) is 10.1. The minimum absolute atomic E-state index is 0.0804. The van der Waals surface area contributed by atoms with Gasteiger partial charge >= 0.3 is 23.9 Å². The first kappa shape index (κ1) is 72.0. The number of likely N-dealkylation sites (N-methyl/N-ethyl adjacent to an activating group) is 3. The predicted octanol–water partition coefficient (Wildman–Crippen LogP) is 7.43. The molecule has 458 valence electrons. The molecule has 0 radical (unpaired) electrons. The summed E-state index contributed by atoms with van der Waals surface area (Å²) in [5.74, 6) is -0.0860. The minimum atomic E-state index is -0.790. The van der Waals surface area contributed by atoms with Gasteiger partial charge < -0.3 is 47.5 Å². The van der Waals surface area contributed by atoms with Crippen molar-refractivity contribution in [2.75, 3.05) is 109 Å². The van der Waals surface area contributed by atoms with E-state index in [1.807, 2.05) is 73.7 Å². The van der Waals surface area contributed by atoms with E-state index < -0.39 is 32.4 Å². The quantitative estimate of drug-likeness (QED) is 0.0878. The summed E-state index contributed by atoms with van der Waals surface area (Å²) in [7, 11) is 10.1. The molecule has 5 aliphatic heterocycles. The fraction of sp³-hybridized carbons (Fsp3) is 0.862. The van der Waals surface area contributed by atoms with Crippen molar-refractivity contribution in [3.63, 3.8) is 0 Å². The second-order valence-electron chi connectivity index (χ2n) is 24.3. The Kier molecular flexibility index (Phi) is 30.3. The maximum atomic E-state index is 13.1. The Hall–Kier alpha value is -3.12. The Balaban J connectivity index is 0.000000361. The number of carboxylic acid groups (broad SMARTS) is 1. The Morgan fingerprint density at radius 2 is 0.911 bits per heavy atom. The molecule has 5 saturated heterocycles. The number of carboxylic acids is 1. The van der Waals surface area contributed by atoms with E-state index in [4.69, 9.17) is 42.8 Å². The molecule has 1 aromatic heterocycles. The van der Waals surface area contributed by atoms with Gasteiger partial charge in [0.25, 0.3) is 0 Å². The average molecular weight is 1190 g/mol. The number of carbonyl (C=O) groups is 5. The van der Waals surface area contributed by atoms with Crippen LogP contribution in [0.4, 0.5) is 0 Å². The molecule has 79 heavy (non-hydrogen) atoms. The zero-order valence-corrected chi connectivity index (χ0v) is 53.2. The molecule has 0 aliphatic carbocycles. The predicted molar refractivity (Wildman–Crippen MR) is 307 cm³/mol. The summed E-state index contributed by atoms with van der Waals surface area (Å²) in [6.45, 7) is 30.6. The van der Waals surface area contributed by atoms with Crippen LogP contribution < -0.4 is 5.32 Å². The van der Waals surface area contributed by atoms with Gasteiger partial charge in [-0.15, -0.1) is 0 Å². The van der Waals surface area contributed by atoms with Crippen LogP contribution in [0.5, 0.6) is 0 Å². The normalized spacial score (nSPS) is 19.1. The maximum absolute atomic E-state index is 13.1. The molecule has 0 saturated carbocycles. The Morgan fingerprint density at radius 1 is 0.557 bits per heavy atom. The van der Waals surface area contributed by atoms with Crippen molar-refractivity contribution in [2.45, 2.75) is 210 Å². The molecule has 21 heteroatoms. The molecule has 0 bridgehead atoms. The summed E-state index contributed by atoms with van der Waals surface area (Å²) >= 11 is 3.13. The first-order valence-corrected chi connectivity index (χ1v) is 29.0. The second kappa shape index (κ2) is 33.2. The highest BCUT2D eigenvalue weighted by atomic mass is 79.9. The molecule has 0 unspecified atom stereocenters. The van der Waals surface area contributed by atoms with Gasteiger partial charge in [0.15, 0.2) is 5.78 Å². The highest BCUT2D eigenvalue weighted by molar-refractivity contribution is 9.10. The van der Waals surface area contributed by atoms with E-state index in [-0.39, 0.29) is 35.5 Å². The van der Waals surface area contributed by atoms with Gasteiger partial charge in [0, 0.05) is 102 Å². The highest BCUT2D eigenvalue weighted by Crippen LogP contribution is 2.38. The van der Waals surface area contributed by atoms with Crippen LogP contribution in [0, 0.1) is 5.92 Å². The average Bonchev–Trinajstić information content (AvgIpc) is 3.92. The van der Waals surface area contributed by atoms with E-state index in [2.05, 4.69) is 54.8 Å². The molecule has 2 N–H and O–H groups in total. The van der Waals surface area contributed by atoms with Gasteiger partial charge in [0.05, 0.1) is 39.0 Å². The zero-order chi connectivity index (χ0) is 60.0. The van der Waals surface area contributed by atoms with E-state index >= 15 is 0 Å². The van der Waals surface area contributed by atoms with Crippen LogP contribution in [0.1, 0.15) is 159 Å². The number of aliphatic carboxylic acids is 1. The fourth-order valence-electron chi connectivity index (χ4n) is 9.94. The molecule has 0 aromatic carbocycles. The molecule has 0 atom stereocenters. The second-order valence-corrected chi connectivity index (χ2v) is 26.3. The van der Waals surface area contributed by atoms with Crippen molar-refractivity contribution in [1.82, 2.24) is 25.2 Å². The molecule has 1 aromatic rings. The van der Waals surface area contributed by atoms with E-state index in [9.17, 15) is 24.0 Å². The number of halogens is 1. The summed E-state index contributed by atoms with van der Waals surface area (Å²) < 4.78 is 45.8. The smallest absolute Gasteiger partial charge is 0.325 e. The van der Waals surface area contributed by atoms with Gasteiger partial charge in [0.1, 0.15) is 26.7 Å². The summed E-state index contributed by atoms with van der Waals surface area (Å²) in [6, 6.07) is 3.46. The summed E-state index contributed by atoms with van der Waals surface area (Å²) in [5, 5.41) is 16.7. The molecular weight excluding hydrogens is 1090 g/mol. The van der Waals surface area contributed by atoms with E-state index in [1.54, 1.807) is 27.7 Å². The summed E-state index contributed by atoms with van der Waals surface area (Å²) in [4.78, 5) is 64.0. The summed E-state index contributed by atoms with van der Waals surface area (Å²) in [5.41, 5.74) is -1.64. The first-order chi connectivity index (χ1) is 36.7. The number of rotatable bonds is 17. The van der Waals surface area contributed by atoms with Gasteiger partial charge in [-0.05, 0) is 161 Å². The van der Waals surface area contributed by atoms with Crippen molar-refractivity contribution < 1.29 is 71.5 Å². The van der Waals surface area contributed by atoms with Crippen LogP contribution >= 0.6 is 15.9 Å². The third-order valence-corrected chi connectivity index (χ3v) is 17.0. The lowest BCUT2D eigenvalue weighted by Crippen LogP contribution is -2.54. The summed E-state index contributed by atoms with van der Waals surface area (Å²) in [6.07, 6.45) is 10.0. The van der Waals surface area contributed by atoms with Crippen molar-refractivity contribution in [3.8, 4) is 0 Å². The van der Waals surface area contributed by atoms with Gasteiger partial charge in [-0.3, -0.25) is 44.0 Å². The number of ether oxygens (including phenoxy) is 8. The van der Waals surface area contributed by atoms with E-state index in [1.165, 1.54) is 21.3 Å². The third-order valence-electron chi connectivity index (χ3n) is 16.7. The van der Waals surface area contributed by atoms with Crippen LogP contribution in [-0.4, -0.2) is 214 Å². The monoisotopic (exact) mass is 1190 g/mol. The number of nitrogens with zero attached hydrogens (tertiary/aromatic N) is 4. The molecule has 20 nitrogen and oxygen atoms in total. The number of aromatic nitrogens is 1. The number of alkyl halides is 1. The molecule has 0 amide bonds. The Labute approximate surface area is 482 Å². The lowest BCUT2D eigenvalue weighted by molar-refractivity contribution is -0.155. The third kappa shape index (κ3) is 22.5. The van der Waals surface area contributed by atoms with Gasteiger partial charge in [-0.2, -0.15) is 0 Å². The van der Waals surface area contributed by atoms with Crippen molar-refractivity contribution >= 4 is 45.6 Å². The van der Waals surface area contributed by atoms with E-state index in [0.717, 1.165) is 136 Å². The lowest BCUT2D eigenvalue weighted by Gasteiger charge is -2.41. The molecular formula is C58H104BrN5O15. The Bertz CT molecular complexity index is 1980. The number of nitrogens with one attached hydrogen (secondary N) is 1. The van der Waals surface area contributed by atoms with Crippen molar-refractivity contribution in [1.29, 1.82) is 0 Å². The zero-order valence-electron chi connectivity index (χ0n) is 51.6. The molecule has 5 aliphatic rings. The SMILES string of the molecule is CN(C1CCOCC1)C(C)(C)C(=O)Cc1cc(C(C)(C)C2CCOCC2)no1.CN(C1CCOCC1)C(C)(C)C(=O)O.COC(=O)C(C)(C)Br.COC(=O)C(C)(C)N(C)C1CCOCC1.COC(=O)C(C)(C)NC1CCOCC1. The Morgan fingerprint density at radius 3 is 1.27 bits per heavy atom. The van der Waals surface area contributed by atoms with Gasteiger partial charge in [-0.25, -0.2) is 0 Å². The van der Waals surface area contributed by atoms with Gasteiger partial charge in [0.2, 0.25) is 0 Å². The lowest BCUT2D eigenvalue weighted by atomic mass is 9.72. The van der Waals surface area contributed by atoms with E-state index in [0.29, 0.717) is 35.8 Å². The number of methoxy groups -OCH3 is 3. The number of ketones is 1. The first-order valence-electron chi connectivity index (χ1n) is 28.2. The van der Waals surface area contributed by atoms with Crippen LogP contribution in [0.25, 0.3) is 0 Å². The number of hydrogen-bond acceptors (Lipinski definition) is 19. The standard InChI is InChI=1S/C22H36N2O4.C11H21NO3.2C10H19NO3.C5H9BrO2/c1-21(2,16-6-10-26-11-7-16)19-14-18(28-23-19)15-20(25)22(3,4)24(5)17-8-12-27-13-9-17;1-11(2,10(13)14-4)12(3)9-5-7-15-8-6-9;1-10(2,9(12)13-3)11-8-4-6-14-7-5-8;1-10(2,9(12)13)11(3)8-4-6-14-7-5-8;1-5(2,6)4(7)8-3/h14,16-17H,6-13,15H2,1-5H3;9H,5-8H2,1-4H3;8,11H,4-7H2,1-3H3;8H,4-7H2,1-3H3,(H,12,13);1-3H3. The largest absolute Gasteiger partial charge is 0.480 e. The van der Waals surface area contributed by atoms with Crippen molar-refractivity contribution in [3.05, 3.63) is 17.5 Å². The van der Waals surface area contributed by atoms with Crippen LogP contribution in [0.3, 0.4) is 0 Å². The number of carbonyl (C=O) groups excluding carboxylic acids is 4.